The second-order valence-electron chi connectivity index (χ2n) is 4.19. The lowest BCUT2D eigenvalue weighted by Crippen LogP contribution is -2.40. The van der Waals surface area contributed by atoms with Gasteiger partial charge in [-0.15, -0.1) is 0 Å². The Labute approximate surface area is 112 Å². The fraction of sp³-hybridized carbons (Fsp3) is 0.636. The molecule has 7 nitrogen and oxygen atoms in total. The SMILES string of the molecule is CCCCC(NS(=O)(=O)c1cnn(CC)c1)C(=O)O. The Balaban J connectivity index is 2.84. The molecule has 1 heterocycles. The zero-order valence-electron chi connectivity index (χ0n) is 11.0. The van der Waals surface area contributed by atoms with E-state index in [4.69, 9.17) is 5.11 Å². The van der Waals surface area contributed by atoms with Crippen LogP contribution in [0.1, 0.15) is 33.1 Å². The summed E-state index contributed by atoms with van der Waals surface area (Å²) < 4.78 is 27.7. The summed E-state index contributed by atoms with van der Waals surface area (Å²) in [5.41, 5.74) is 0. The zero-order chi connectivity index (χ0) is 14.5. The summed E-state index contributed by atoms with van der Waals surface area (Å²) in [7, 11) is -3.84. The Bertz CT molecular complexity index is 524. The molecule has 1 aromatic heterocycles. The lowest BCUT2D eigenvalue weighted by molar-refractivity contribution is -0.139. The summed E-state index contributed by atoms with van der Waals surface area (Å²) >= 11 is 0. The quantitative estimate of drug-likeness (QED) is 0.738. The van der Waals surface area contributed by atoms with Gasteiger partial charge >= 0.3 is 5.97 Å². The van der Waals surface area contributed by atoms with Crippen LogP contribution in [-0.4, -0.2) is 35.3 Å². The van der Waals surface area contributed by atoms with Crippen molar-refractivity contribution in [1.82, 2.24) is 14.5 Å². The first kappa shape index (κ1) is 15.6. The third-order valence-corrected chi connectivity index (χ3v) is 4.11. The first-order chi connectivity index (χ1) is 8.90. The molecule has 0 aromatic carbocycles. The van der Waals surface area contributed by atoms with Gasteiger partial charge in [0.1, 0.15) is 10.9 Å². The molecule has 108 valence electrons. The van der Waals surface area contributed by atoms with E-state index in [2.05, 4.69) is 9.82 Å². The number of carboxylic acid groups (broad SMARTS) is 1. The molecule has 8 heteroatoms. The van der Waals surface area contributed by atoms with Gasteiger partial charge in [0.25, 0.3) is 0 Å². The molecule has 19 heavy (non-hydrogen) atoms. The molecule has 1 aromatic rings. The van der Waals surface area contributed by atoms with Crippen molar-refractivity contribution >= 4 is 16.0 Å². The van der Waals surface area contributed by atoms with E-state index in [1.807, 2.05) is 13.8 Å². The molecule has 0 bridgehead atoms. The van der Waals surface area contributed by atoms with E-state index < -0.39 is 22.0 Å². The van der Waals surface area contributed by atoms with Crippen LogP contribution in [0.5, 0.6) is 0 Å². The molecular weight excluding hydrogens is 270 g/mol. The van der Waals surface area contributed by atoms with Crippen molar-refractivity contribution in [3.05, 3.63) is 12.4 Å². The zero-order valence-corrected chi connectivity index (χ0v) is 11.9. The Hall–Kier alpha value is -1.41. The molecule has 0 aliphatic heterocycles. The van der Waals surface area contributed by atoms with Crippen LogP contribution in [0.2, 0.25) is 0 Å². The number of hydrogen-bond donors (Lipinski definition) is 2. The summed E-state index contributed by atoms with van der Waals surface area (Å²) in [6, 6.07) is -1.10. The minimum atomic E-state index is -3.84. The highest BCUT2D eigenvalue weighted by Crippen LogP contribution is 2.10. The molecular formula is C11H19N3O4S. The lowest BCUT2D eigenvalue weighted by atomic mass is 10.1. The summed E-state index contributed by atoms with van der Waals surface area (Å²) in [6.07, 6.45) is 4.31. The molecule has 0 radical (unpaired) electrons. The fourth-order valence-corrected chi connectivity index (χ4v) is 2.73. The van der Waals surface area contributed by atoms with Crippen molar-refractivity contribution in [1.29, 1.82) is 0 Å². The fourth-order valence-electron chi connectivity index (χ4n) is 1.55. The third-order valence-electron chi connectivity index (χ3n) is 2.69. The number of nitrogens with zero attached hydrogens (tertiary/aromatic N) is 2. The molecule has 1 atom stereocenters. The standard InChI is InChI=1S/C11H19N3O4S/c1-3-5-6-10(11(15)16)13-19(17,18)9-7-12-14(4-2)8-9/h7-8,10,13H,3-6H2,1-2H3,(H,15,16). The number of hydrogen-bond acceptors (Lipinski definition) is 4. The van der Waals surface area contributed by atoms with E-state index >= 15 is 0 Å². The molecule has 1 unspecified atom stereocenters. The van der Waals surface area contributed by atoms with Gasteiger partial charge in [-0.3, -0.25) is 9.48 Å². The number of nitrogens with one attached hydrogen (secondary N) is 1. The van der Waals surface area contributed by atoms with Crippen LogP contribution in [0.25, 0.3) is 0 Å². The Kier molecular flexibility index (Phi) is 5.49. The van der Waals surface area contributed by atoms with E-state index in [1.165, 1.54) is 17.1 Å². The van der Waals surface area contributed by atoms with Crippen LogP contribution in [0.4, 0.5) is 0 Å². The van der Waals surface area contributed by atoms with Crippen LogP contribution in [0, 0.1) is 0 Å². The second kappa shape index (κ2) is 6.67. The Morgan fingerprint density at radius 2 is 2.21 bits per heavy atom. The number of unbranched alkanes of at least 4 members (excludes halogenated alkanes) is 1. The Morgan fingerprint density at radius 3 is 2.68 bits per heavy atom. The van der Waals surface area contributed by atoms with Crippen molar-refractivity contribution in [3.63, 3.8) is 0 Å². The van der Waals surface area contributed by atoms with E-state index in [0.717, 1.165) is 6.42 Å². The monoisotopic (exact) mass is 289 g/mol. The molecule has 1 rings (SSSR count). The number of aryl methyl sites for hydroxylation is 1. The Morgan fingerprint density at radius 1 is 1.53 bits per heavy atom. The summed E-state index contributed by atoms with van der Waals surface area (Å²) in [5.74, 6) is -1.17. The number of carboxylic acids is 1. The predicted octanol–water partition coefficient (Wildman–Crippen LogP) is 0.825. The number of carbonyl (C=O) groups is 1. The van der Waals surface area contributed by atoms with Crippen LogP contribution in [-0.2, 0) is 21.4 Å². The van der Waals surface area contributed by atoms with Gasteiger partial charge in [0, 0.05) is 12.7 Å². The third kappa shape index (κ3) is 4.32. The minimum absolute atomic E-state index is 0.0166. The molecule has 0 aliphatic carbocycles. The summed E-state index contributed by atoms with van der Waals surface area (Å²) in [4.78, 5) is 11.0. The van der Waals surface area contributed by atoms with Gasteiger partial charge in [0.05, 0.1) is 6.20 Å². The molecule has 0 aliphatic rings. The van der Waals surface area contributed by atoms with E-state index in [0.29, 0.717) is 13.0 Å². The van der Waals surface area contributed by atoms with Gasteiger partial charge in [0.2, 0.25) is 10.0 Å². The van der Waals surface area contributed by atoms with Gasteiger partial charge in [-0.1, -0.05) is 19.8 Å². The number of sulfonamides is 1. The van der Waals surface area contributed by atoms with Crippen LogP contribution in [0.3, 0.4) is 0 Å². The maximum absolute atomic E-state index is 12.0. The average Bonchev–Trinajstić information content (AvgIpc) is 2.83. The van der Waals surface area contributed by atoms with Gasteiger partial charge < -0.3 is 5.11 Å². The average molecular weight is 289 g/mol. The first-order valence-electron chi connectivity index (χ1n) is 6.18. The maximum atomic E-state index is 12.0. The van der Waals surface area contributed by atoms with Gasteiger partial charge in [-0.2, -0.15) is 9.82 Å². The van der Waals surface area contributed by atoms with E-state index in [1.54, 1.807) is 0 Å². The lowest BCUT2D eigenvalue weighted by Gasteiger charge is -2.13. The van der Waals surface area contributed by atoms with Crippen molar-refractivity contribution in [3.8, 4) is 0 Å². The summed E-state index contributed by atoms with van der Waals surface area (Å²) in [5, 5.41) is 12.9. The minimum Gasteiger partial charge on any atom is -0.480 e. The number of rotatable bonds is 8. The topological polar surface area (TPSA) is 101 Å². The van der Waals surface area contributed by atoms with Crippen LogP contribution < -0.4 is 4.72 Å². The first-order valence-corrected chi connectivity index (χ1v) is 7.66. The van der Waals surface area contributed by atoms with Crippen molar-refractivity contribution in [2.75, 3.05) is 0 Å². The van der Waals surface area contributed by atoms with E-state index in [-0.39, 0.29) is 11.3 Å². The molecule has 0 fully saturated rings. The summed E-state index contributed by atoms with van der Waals surface area (Å²) in [6.45, 7) is 4.30. The van der Waals surface area contributed by atoms with Crippen molar-refractivity contribution < 1.29 is 18.3 Å². The number of aromatic nitrogens is 2. The van der Waals surface area contributed by atoms with Crippen LogP contribution >= 0.6 is 0 Å². The van der Waals surface area contributed by atoms with Crippen molar-refractivity contribution in [2.45, 2.75) is 50.6 Å². The predicted molar refractivity (Wildman–Crippen MR) is 69.2 cm³/mol. The highest BCUT2D eigenvalue weighted by Gasteiger charge is 2.25. The molecule has 0 spiro atoms. The normalized spacial score (nSPS) is 13.4. The highest BCUT2D eigenvalue weighted by molar-refractivity contribution is 7.89. The molecule has 0 saturated carbocycles. The van der Waals surface area contributed by atoms with Crippen molar-refractivity contribution in [2.24, 2.45) is 0 Å². The van der Waals surface area contributed by atoms with Gasteiger partial charge in [-0.25, -0.2) is 8.42 Å². The highest BCUT2D eigenvalue weighted by atomic mass is 32.2. The van der Waals surface area contributed by atoms with Gasteiger partial charge in [0.15, 0.2) is 0 Å². The smallest absolute Gasteiger partial charge is 0.321 e. The van der Waals surface area contributed by atoms with Gasteiger partial charge in [-0.05, 0) is 13.3 Å². The second-order valence-corrected chi connectivity index (χ2v) is 5.90. The van der Waals surface area contributed by atoms with Crippen LogP contribution in [0.15, 0.2) is 17.3 Å². The molecule has 0 saturated heterocycles. The molecule has 0 amide bonds. The largest absolute Gasteiger partial charge is 0.480 e. The maximum Gasteiger partial charge on any atom is 0.321 e. The number of aliphatic carboxylic acids is 1. The molecule has 2 N–H and O–H groups in total. The van der Waals surface area contributed by atoms with E-state index in [9.17, 15) is 13.2 Å².